The average molecular weight is 306 g/mol. The topological polar surface area (TPSA) is 45.8 Å². The van der Waals surface area contributed by atoms with Crippen LogP contribution in [0.25, 0.3) is 0 Å². The number of carbonyl (C=O) groups excluding carboxylic acids is 1. The fourth-order valence-corrected chi connectivity index (χ4v) is 4.53. The summed E-state index contributed by atoms with van der Waals surface area (Å²) in [5.41, 5.74) is 5.42. The highest BCUT2D eigenvalue weighted by molar-refractivity contribution is 6.01. The molecule has 2 aliphatic carbocycles. The van der Waals surface area contributed by atoms with Gasteiger partial charge in [0.15, 0.2) is 5.78 Å². The van der Waals surface area contributed by atoms with Crippen LogP contribution in [0.15, 0.2) is 47.7 Å². The summed E-state index contributed by atoms with van der Waals surface area (Å²) in [4.78, 5) is 13.1. The van der Waals surface area contributed by atoms with E-state index in [0.717, 1.165) is 29.7 Å². The van der Waals surface area contributed by atoms with Gasteiger partial charge in [-0.15, -0.1) is 0 Å². The Bertz CT molecular complexity index is 813. The minimum atomic E-state index is -0.398. The number of nitrogens with zero attached hydrogens (tertiary/aromatic N) is 1. The maximum absolute atomic E-state index is 13.1. The number of fused-ring (bicyclic) bond motifs is 1. The molecule has 23 heavy (non-hydrogen) atoms. The minimum Gasteiger partial charge on any atom is -0.294 e. The zero-order valence-corrected chi connectivity index (χ0v) is 13.9. The first kappa shape index (κ1) is 14.4. The van der Waals surface area contributed by atoms with E-state index in [1.54, 1.807) is 0 Å². The number of carbonyl (C=O) groups is 1. The number of rotatable bonds is 1. The molecule has 4 rings (SSSR count). The van der Waals surface area contributed by atoms with Crippen molar-refractivity contribution in [1.82, 2.24) is 10.2 Å². The first-order valence-electron chi connectivity index (χ1n) is 8.26. The Labute approximate surface area is 136 Å². The van der Waals surface area contributed by atoms with Crippen molar-refractivity contribution in [3.8, 4) is 0 Å². The molecule has 118 valence electrons. The number of benzene rings is 1. The van der Waals surface area contributed by atoms with E-state index in [1.807, 2.05) is 24.4 Å². The molecule has 0 spiro atoms. The highest BCUT2D eigenvalue weighted by Gasteiger charge is 2.47. The maximum Gasteiger partial charge on any atom is 0.160 e. The standard InChI is InChI=1S/C20H22N2O/c1-19(2)10-13-9-16-15(12-21-22-16)20(3,18(13)17(23)11-19)14-7-5-4-6-8-14/h4-8,12H,9-11H2,1-3H3,(H,21,22)/t20-/m0/s1. The molecule has 2 aromatic rings. The molecule has 2 aliphatic rings. The number of allylic oxidation sites excluding steroid dienone is 2. The van der Waals surface area contributed by atoms with E-state index in [2.05, 4.69) is 43.1 Å². The van der Waals surface area contributed by atoms with Crippen LogP contribution in [0.4, 0.5) is 0 Å². The second-order valence-corrected chi connectivity index (χ2v) is 7.85. The van der Waals surface area contributed by atoms with Crippen LogP contribution in [0.3, 0.4) is 0 Å². The number of aromatic nitrogens is 2. The van der Waals surface area contributed by atoms with E-state index in [9.17, 15) is 4.79 Å². The molecular weight excluding hydrogens is 284 g/mol. The Balaban J connectivity index is 1.99. The van der Waals surface area contributed by atoms with Gasteiger partial charge in [-0.05, 0) is 24.3 Å². The van der Waals surface area contributed by atoms with Crippen molar-refractivity contribution in [2.75, 3.05) is 0 Å². The summed E-state index contributed by atoms with van der Waals surface area (Å²) >= 11 is 0. The SMILES string of the molecule is CC1(C)CC(=O)C2=C(Cc3[nH]ncc3[C@]2(C)c2ccccc2)C1. The monoisotopic (exact) mass is 306 g/mol. The van der Waals surface area contributed by atoms with Crippen molar-refractivity contribution >= 4 is 5.78 Å². The van der Waals surface area contributed by atoms with Crippen LogP contribution < -0.4 is 0 Å². The van der Waals surface area contributed by atoms with E-state index in [4.69, 9.17) is 0 Å². The van der Waals surface area contributed by atoms with E-state index in [-0.39, 0.29) is 5.41 Å². The van der Waals surface area contributed by atoms with Crippen molar-refractivity contribution in [1.29, 1.82) is 0 Å². The summed E-state index contributed by atoms with van der Waals surface area (Å²) in [6.07, 6.45) is 4.33. The fraction of sp³-hybridized carbons (Fsp3) is 0.400. The van der Waals surface area contributed by atoms with Gasteiger partial charge < -0.3 is 0 Å². The lowest BCUT2D eigenvalue weighted by molar-refractivity contribution is -0.118. The van der Waals surface area contributed by atoms with Gasteiger partial charge in [-0.1, -0.05) is 49.8 Å². The number of aromatic amines is 1. The Morgan fingerprint density at radius 2 is 1.83 bits per heavy atom. The molecule has 0 saturated carbocycles. The summed E-state index contributed by atoms with van der Waals surface area (Å²) < 4.78 is 0. The van der Waals surface area contributed by atoms with E-state index < -0.39 is 5.41 Å². The summed E-state index contributed by atoms with van der Waals surface area (Å²) in [5, 5.41) is 7.44. The molecule has 1 aromatic heterocycles. The number of ketones is 1. The smallest absolute Gasteiger partial charge is 0.160 e. The zero-order chi connectivity index (χ0) is 16.2. The Morgan fingerprint density at radius 1 is 1.09 bits per heavy atom. The first-order chi connectivity index (χ1) is 10.9. The highest BCUT2D eigenvalue weighted by atomic mass is 16.1. The third-order valence-electron chi connectivity index (χ3n) is 5.46. The minimum absolute atomic E-state index is 0.0467. The summed E-state index contributed by atoms with van der Waals surface area (Å²) in [5.74, 6) is 0.300. The van der Waals surface area contributed by atoms with Crippen LogP contribution in [-0.4, -0.2) is 16.0 Å². The first-order valence-corrected chi connectivity index (χ1v) is 8.26. The van der Waals surface area contributed by atoms with Gasteiger partial charge in [0.1, 0.15) is 0 Å². The molecule has 0 aliphatic heterocycles. The summed E-state index contributed by atoms with van der Waals surface area (Å²) in [6, 6.07) is 10.4. The molecule has 0 amide bonds. The van der Waals surface area contributed by atoms with Crippen LogP contribution in [0, 0.1) is 5.41 Å². The maximum atomic E-state index is 13.1. The van der Waals surface area contributed by atoms with Crippen molar-refractivity contribution in [2.24, 2.45) is 5.41 Å². The fourth-order valence-electron chi connectivity index (χ4n) is 4.53. The van der Waals surface area contributed by atoms with E-state index in [1.165, 1.54) is 11.1 Å². The quantitative estimate of drug-likeness (QED) is 0.867. The van der Waals surface area contributed by atoms with Crippen LogP contribution in [-0.2, 0) is 16.6 Å². The van der Waals surface area contributed by atoms with Gasteiger partial charge >= 0.3 is 0 Å². The molecule has 3 heteroatoms. The largest absolute Gasteiger partial charge is 0.294 e. The van der Waals surface area contributed by atoms with Gasteiger partial charge in [-0.25, -0.2) is 0 Å². The number of hydrogen-bond donors (Lipinski definition) is 1. The number of nitrogens with one attached hydrogen (secondary N) is 1. The third-order valence-corrected chi connectivity index (χ3v) is 5.46. The molecule has 0 bridgehead atoms. The lowest BCUT2D eigenvalue weighted by Crippen LogP contribution is -2.40. The lowest BCUT2D eigenvalue weighted by Gasteiger charge is -2.43. The van der Waals surface area contributed by atoms with Crippen molar-refractivity contribution in [3.05, 3.63) is 64.5 Å². The second kappa shape index (κ2) is 4.67. The predicted molar refractivity (Wildman–Crippen MR) is 90.2 cm³/mol. The zero-order valence-electron chi connectivity index (χ0n) is 13.9. The Hall–Kier alpha value is -2.16. The molecule has 1 N–H and O–H groups in total. The van der Waals surface area contributed by atoms with Crippen LogP contribution in [0.2, 0.25) is 0 Å². The van der Waals surface area contributed by atoms with Gasteiger partial charge in [0.05, 0.1) is 6.20 Å². The molecule has 0 fully saturated rings. The van der Waals surface area contributed by atoms with E-state index in [0.29, 0.717) is 12.2 Å². The summed E-state index contributed by atoms with van der Waals surface area (Å²) in [6.45, 7) is 6.56. The van der Waals surface area contributed by atoms with Gasteiger partial charge in [-0.3, -0.25) is 9.89 Å². The molecule has 1 aromatic carbocycles. The number of Topliss-reactive ketones (excluding diaryl/α,β-unsaturated/α-hetero) is 1. The van der Waals surface area contributed by atoms with Crippen molar-refractivity contribution in [3.63, 3.8) is 0 Å². The predicted octanol–water partition coefficient (Wildman–Crippen LogP) is 3.96. The number of H-pyrrole nitrogens is 1. The molecule has 3 nitrogen and oxygen atoms in total. The van der Waals surface area contributed by atoms with Crippen LogP contribution >= 0.6 is 0 Å². The molecule has 0 saturated heterocycles. The highest BCUT2D eigenvalue weighted by Crippen LogP contribution is 2.51. The average Bonchev–Trinajstić information content (AvgIpc) is 2.95. The van der Waals surface area contributed by atoms with Crippen LogP contribution in [0.1, 0.15) is 50.4 Å². The van der Waals surface area contributed by atoms with E-state index >= 15 is 0 Å². The lowest BCUT2D eigenvalue weighted by atomic mass is 9.59. The number of hydrogen-bond acceptors (Lipinski definition) is 2. The molecular formula is C20H22N2O. The van der Waals surface area contributed by atoms with Gasteiger partial charge in [0, 0.05) is 35.1 Å². The Kier molecular flexibility index (Phi) is 2.93. The Morgan fingerprint density at radius 3 is 2.57 bits per heavy atom. The molecule has 0 radical (unpaired) electrons. The van der Waals surface area contributed by atoms with Gasteiger partial charge in [0.25, 0.3) is 0 Å². The molecule has 0 unspecified atom stereocenters. The summed E-state index contributed by atoms with van der Waals surface area (Å²) in [7, 11) is 0. The van der Waals surface area contributed by atoms with Gasteiger partial charge in [-0.2, -0.15) is 5.10 Å². The van der Waals surface area contributed by atoms with Crippen molar-refractivity contribution in [2.45, 2.75) is 45.4 Å². The molecule has 1 atom stereocenters. The second-order valence-electron chi connectivity index (χ2n) is 7.85. The molecule has 1 heterocycles. The van der Waals surface area contributed by atoms with Crippen LogP contribution in [0.5, 0.6) is 0 Å². The normalized spacial score (nSPS) is 26.0. The van der Waals surface area contributed by atoms with Gasteiger partial charge in [0.2, 0.25) is 0 Å². The van der Waals surface area contributed by atoms with Crippen molar-refractivity contribution < 1.29 is 4.79 Å². The third kappa shape index (κ3) is 2.03.